The molecular formula is C16H23ClIN5S. The Hall–Kier alpha value is -0.930. The van der Waals surface area contributed by atoms with Crippen LogP contribution in [0.4, 0.5) is 0 Å². The predicted octanol–water partition coefficient (Wildman–Crippen LogP) is 3.50. The average molecular weight is 480 g/mol. The van der Waals surface area contributed by atoms with Gasteiger partial charge in [-0.15, -0.1) is 35.7 Å². The second kappa shape index (κ2) is 12.4. The molecule has 0 spiro atoms. The lowest BCUT2D eigenvalue weighted by molar-refractivity contribution is 0.700. The molecule has 0 atom stereocenters. The summed E-state index contributed by atoms with van der Waals surface area (Å²) in [6.07, 6.45) is 5.53. The van der Waals surface area contributed by atoms with Gasteiger partial charge in [-0.25, -0.2) is 4.98 Å². The van der Waals surface area contributed by atoms with E-state index in [9.17, 15) is 0 Å². The maximum Gasteiger partial charge on any atom is 0.191 e. The summed E-state index contributed by atoms with van der Waals surface area (Å²) in [4.78, 5) is 9.81. The lowest BCUT2D eigenvalue weighted by Gasteiger charge is -2.11. The number of nitrogens with zero attached hydrogens (tertiary/aromatic N) is 3. The van der Waals surface area contributed by atoms with Gasteiger partial charge in [0.1, 0.15) is 0 Å². The summed E-state index contributed by atoms with van der Waals surface area (Å²) in [5.41, 5.74) is 0. The topological polar surface area (TPSA) is 54.2 Å². The van der Waals surface area contributed by atoms with E-state index in [0.29, 0.717) is 0 Å². The van der Waals surface area contributed by atoms with Crippen molar-refractivity contribution >= 4 is 53.3 Å². The van der Waals surface area contributed by atoms with Crippen molar-refractivity contribution in [2.75, 3.05) is 25.4 Å². The number of thioether (sulfide) groups is 1. The SMILES string of the molecule is CCNC(=NCCn1ccnc1)NCCSc1ccc(Cl)cc1.I. The van der Waals surface area contributed by atoms with Gasteiger partial charge in [0.15, 0.2) is 5.96 Å². The predicted molar refractivity (Wildman–Crippen MR) is 114 cm³/mol. The molecule has 1 aromatic carbocycles. The number of guanidine groups is 1. The van der Waals surface area contributed by atoms with Crippen molar-refractivity contribution in [3.8, 4) is 0 Å². The fraction of sp³-hybridized carbons (Fsp3) is 0.375. The Kier molecular flexibility index (Phi) is 10.9. The number of aromatic nitrogens is 2. The molecule has 0 saturated carbocycles. The molecule has 1 heterocycles. The van der Waals surface area contributed by atoms with Gasteiger partial charge in [0, 0.05) is 47.7 Å². The molecule has 2 aromatic rings. The maximum atomic E-state index is 5.88. The van der Waals surface area contributed by atoms with Gasteiger partial charge in [0.2, 0.25) is 0 Å². The summed E-state index contributed by atoms with van der Waals surface area (Å²) >= 11 is 7.68. The van der Waals surface area contributed by atoms with Gasteiger partial charge in [0.05, 0.1) is 12.9 Å². The van der Waals surface area contributed by atoms with E-state index in [4.69, 9.17) is 11.6 Å². The summed E-state index contributed by atoms with van der Waals surface area (Å²) in [5.74, 6) is 1.82. The molecule has 0 amide bonds. The van der Waals surface area contributed by atoms with Crippen LogP contribution in [0, 0.1) is 0 Å². The first kappa shape index (κ1) is 21.1. The van der Waals surface area contributed by atoms with Gasteiger partial charge in [-0.2, -0.15) is 0 Å². The van der Waals surface area contributed by atoms with Gasteiger partial charge in [-0.05, 0) is 31.2 Å². The fourth-order valence-corrected chi connectivity index (χ4v) is 2.80. The Morgan fingerprint density at radius 2 is 2.08 bits per heavy atom. The Morgan fingerprint density at radius 3 is 2.75 bits per heavy atom. The summed E-state index contributed by atoms with van der Waals surface area (Å²) in [7, 11) is 0. The smallest absolute Gasteiger partial charge is 0.191 e. The van der Waals surface area contributed by atoms with Gasteiger partial charge >= 0.3 is 0 Å². The van der Waals surface area contributed by atoms with Gasteiger partial charge in [-0.1, -0.05) is 11.6 Å². The van der Waals surface area contributed by atoms with E-state index in [1.54, 1.807) is 24.3 Å². The minimum Gasteiger partial charge on any atom is -0.357 e. The van der Waals surface area contributed by atoms with Crippen molar-refractivity contribution in [3.05, 3.63) is 48.0 Å². The van der Waals surface area contributed by atoms with Crippen LogP contribution in [-0.4, -0.2) is 40.9 Å². The molecular weight excluding hydrogens is 457 g/mol. The van der Waals surface area contributed by atoms with E-state index in [0.717, 1.165) is 42.9 Å². The van der Waals surface area contributed by atoms with Crippen molar-refractivity contribution in [1.82, 2.24) is 20.2 Å². The van der Waals surface area contributed by atoms with Crippen LogP contribution in [0.2, 0.25) is 5.02 Å². The number of halogens is 2. The van der Waals surface area contributed by atoms with E-state index >= 15 is 0 Å². The zero-order chi connectivity index (χ0) is 16.3. The number of aliphatic imine (C=N–C) groups is 1. The van der Waals surface area contributed by atoms with E-state index in [1.807, 2.05) is 35.0 Å². The molecule has 8 heteroatoms. The highest BCUT2D eigenvalue weighted by Gasteiger charge is 1.98. The summed E-state index contributed by atoms with van der Waals surface area (Å²) < 4.78 is 2.02. The van der Waals surface area contributed by atoms with Crippen molar-refractivity contribution < 1.29 is 0 Å². The molecule has 132 valence electrons. The van der Waals surface area contributed by atoms with Crippen molar-refractivity contribution in [3.63, 3.8) is 0 Å². The average Bonchev–Trinajstić information content (AvgIpc) is 3.06. The summed E-state index contributed by atoms with van der Waals surface area (Å²) in [6, 6.07) is 7.91. The molecule has 1 aromatic heterocycles. The van der Waals surface area contributed by atoms with Gasteiger partial charge in [0.25, 0.3) is 0 Å². The third-order valence-corrected chi connectivity index (χ3v) is 4.27. The van der Waals surface area contributed by atoms with Crippen LogP contribution < -0.4 is 10.6 Å². The molecule has 2 N–H and O–H groups in total. The Bertz CT molecular complexity index is 589. The fourth-order valence-electron chi connectivity index (χ4n) is 1.91. The zero-order valence-electron chi connectivity index (χ0n) is 13.6. The normalized spacial score (nSPS) is 11.0. The summed E-state index contributed by atoms with van der Waals surface area (Å²) in [5, 5.41) is 7.38. The maximum absolute atomic E-state index is 5.88. The third kappa shape index (κ3) is 8.25. The van der Waals surface area contributed by atoms with E-state index in [2.05, 4.69) is 27.5 Å². The van der Waals surface area contributed by atoms with Crippen LogP contribution in [0.15, 0.2) is 52.9 Å². The number of rotatable bonds is 8. The van der Waals surface area contributed by atoms with E-state index in [-0.39, 0.29) is 24.0 Å². The monoisotopic (exact) mass is 479 g/mol. The van der Waals surface area contributed by atoms with Crippen LogP contribution in [0.3, 0.4) is 0 Å². The molecule has 0 aliphatic carbocycles. The second-order valence-corrected chi connectivity index (χ2v) is 6.40. The Morgan fingerprint density at radius 1 is 1.29 bits per heavy atom. The molecule has 0 aliphatic heterocycles. The standard InChI is InChI=1S/C16H22ClN5S.HI/c1-2-19-16(20-8-11-22-10-7-18-13-22)21-9-12-23-15-5-3-14(17)4-6-15;/h3-7,10,13H,2,8-9,11-12H2,1H3,(H2,19,20,21);1H. The minimum atomic E-state index is 0. The number of benzene rings is 1. The first-order chi connectivity index (χ1) is 11.3. The van der Waals surface area contributed by atoms with Gasteiger partial charge < -0.3 is 15.2 Å². The van der Waals surface area contributed by atoms with Crippen LogP contribution in [-0.2, 0) is 6.54 Å². The first-order valence-electron chi connectivity index (χ1n) is 7.64. The highest BCUT2D eigenvalue weighted by Crippen LogP contribution is 2.19. The molecule has 0 radical (unpaired) electrons. The Labute approximate surface area is 169 Å². The van der Waals surface area contributed by atoms with Gasteiger partial charge in [-0.3, -0.25) is 4.99 Å². The van der Waals surface area contributed by atoms with Crippen LogP contribution >= 0.6 is 47.3 Å². The molecule has 5 nitrogen and oxygen atoms in total. The first-order valence-corrected chi connectivity index (χ1v) is 9.00. The number of hydrogen-bond donors (Lipinski definition) is 2. The van der Waals surface area contributed by atoms with Crippen molar-refractivity contribution in [1.29, 1.82) is 0 Å². The molecule has 0 aliphatic rings. The second-order valence-electron chi connectivity index (χ2n) is 4.79. The van der Waals surface area contributed by atoms with Crippen LogP contribution in [0.5, 0.6) is 0 Å². The molecule has 0 unspecified atom stereocenters. The lowest BCUT2D eigenvalue weighted by Crippen LogP contribution is -2.38. The number of hydrogen-bond acceptors (Lipinski definition) is 3. The Balaban J connectivity index is 0.00000288. The molecule has 0 saturated heterocycles. The number of imidazole rings is 1. The quantitative estimate of drug-likeness (QED) is 0.200. The molecule has 0 bridgehead atoms. The molecule has 0 fully saturated rings. The highest BCUT2D eigenvalue weighted by molar-refractivity contribution is 14.0. The highest BCUT2D eigenvalue weighted by atomic mass is 127. The lowest BCUT2D eigenvalue weighted by atomic mass is 10.4. The van der Waals surface area contributed by atoms with Crippen molar-refractivity contribution in [2.24, 2.45) is 4.99 Å². The van der Waals surface area contributed by atoms with E-state index < -0.39 is 0 Å². The zero-order valence-corrected chi connectivity index (χ0v) is 17.5. The molecule has 24 heavy (non-hydrogen) atoms. The number of nitrogens with one attached hydrogen (secondary N) is 2. The van der Waals surface area contributed by atoms with Crippen molar-refractivity contribution in [2.45, 2.75) is 18.4 Å². The summed E-state index contributed by atoms with van der Waals surface area (Å²) in [6.45, 7) is 5.31. The largest absolute Gasteiger partial charge is 0.357 e. The third-order valence-electron chi connectivity index (χ3n) is 3.01. The minimum absolute atomic E-state index is 0. The molecule has 2 rings (SSSR count). The van der Waals surface area contributed by atoms with Crippen LogP contribution in [0.1, 0.15) is 6.92 Å². The van der Waals surface area contributed by atoms with Crippen LogP contribution in [0.25, 0.3) is 0 Å². The van der Waals surface area contributed by atoms with E-state index in [1.165, 1.54) is 4.90 Å².